The van der Waals surface area contributed by atoms with Gasteiger partial charge in [-0.25, -0.2) is 9.97 Å². The van der Waals surface area contributed by atoms with Crippen LogP contribution >= 0.6 is 27.3 Å². The molecule has 1 atom stereocenters. The second-order valence-corrected chi connectivity index (χ2v) is 12.6. The molecule has 0 bridgehead atoms. The largest absolute Gasteiger partial charge is 0.460 e. The molecule has 200 valence electrons. The van der Waals surface area contributed by atoms with Gasteiger partial charge in [-0.2, -0.15) is 0 Å². The number of hydrogen-bond donors (Lipinski definition) is 0. The summed E-state index contributed by atoms with van der Waals surface area (Å²) < 4.78 is 6.28. The number of Topliss-reactive ketones (excluding diaryl/α,β-unsaturated/α-hetero) is 1. The monoisotopic (exact) mass is 597 g/mol. The Kier molecular flexibility index (Phi) is 8.78. The van der Waals surface area contributed by atoms with Gasteiger partial charge in [0.25, 0.3) is 0 Å². The van der Waals surface area contributed by atoms with Gasteiger partial charge in [0.2, 0.25) is 5.91 Å². The first-order valence-electron chi connectivity index (χ1n) is 12.7. The number of amides is 1. The third-order valence-corrected chi connectivity index (χ3v) is 7.99. The number of likely N-dealkylation sites (tertiary alicyclic amines) is 1. The smallest absolute Gasteiger partial charge is 0.313 e. The fraction of sp³-hybridized carbons (Fsp3) is 0.414. The first-order chi connectivity index (χ1) is 18.0. The first kappa shape index (κ1) is 28.1. The molecule has 4 rings (SSSR count). The van der Waals surface area contributed by atoms with Crippen molar-refractivity contribution in [3.05, 3.63) is 68.6 Å². The Bertz CT molecular complexity index is 1290. The summed E-state index contributed by atoms with van der Waals surface area (Å²) in [4.78, 5) is 51.2. The second kappa shape index (κ2) is 11.9. The van der Waals surface area contributed by atoms with Gasteiger partial charge in [0, 0.05) is 48.3 Å². The average Bonchev–Trinajstić information content (AvgIpc) is 3.32. The lowest BCUT2D eigenvalue weighted by molar-refractivity contribution is -0.168. The highest BCUT2D eigenvalue weighted by Crippen LogP contribution is 2.28. The van der Waals surface area contributed by atoms with E-state index >= 15 is 0 Å². The summed E-state index contributed by atoms with van der Waals surface area (Å²) in [6, 6.07) is 11.6. The highest BCUT2D eigenvalue weighted by molar-refractivity contribution is 9.10. The molecule has 2 aromatic heterocycles. The van der Waals surface area contributed by atoms with Crippen LogP contribution in [0.3, 0.4) is 0 Å². The van der Waals surface area contributed by atoms with Gasteiger partial charge in [-0.1, -0.05) is 31.2 Å². The van der Waals surface area contributed by atoms with Crippen molar-refractivity contribution in [1.82, 2.24) is 14.9 Å². The number of aryl methyl sites for hydroxylation is 1. The lowest BCUT2D eigenvalue weighted by Crippen LogP contribution is -2.56. The van der Waals surface area contributed by atoms with Crippen LogP contribution in [0.15, 0.2) is 53.3 Å². The summed E-state index contributed by atoms with van der Waals surface area (Å²) >= 11 is 4.83. The minimum Gasteiger partial charge on any atom is -0.460 e. The molecule has 0 radical (unpaired) electrons. The molecule has 38 heavy (non-hydrogen) atoms. The Morgan fingerprint density at radius 1 is 1.08 bits per heavy atom. The summed E-state index contributed by atoms with van der Waals surface area (Å²) in [5, 5.41) is 0. The second-order valence-electron chi connectivity index (χ2n) is 10.5. The minimum atomic E-state index is -0.567. The number of carbonyl (C=O) groups is 3. The number of carbonyl (C=O) groups excluding carboxylic acids is 3. The summed E-state index contributed by atoms with van der Waals surface area (Å²) in [6.07, 6.45) is 4.80. The van der Waals surface area contributed by atoms with Crippen LogP contribution in [-0.2, 0) is 27.2 Å². The maximum absolute atomic E-state index is 13.5. The van der Waals surface area contributed by atoms with E-state index in [1.54, 1.807) is 17.3 Å². The normalized spacial score (nSPS) is 14.6. The molecule has 0 N–H and O–H groups in total. The van der Waals surface area contributed by atoms with Crippen LogP contribution in [0.25, 0.3) is 11.4 Å². The van der Waals surface area contributed by atoms with Crippen molar-refractivity contribution in [1.29, 1.82) is 0 Å². The number of ether oxygens (including phenoxy) is 1. The lowest BCUT2D eigenvalue weighted by atomic mass is 9.89. The van der Waals surface area contributed by atoms with Crippen molar-refractivity contribution in [2.24, 2.45) is 11.8 Å². The molecule has 1 amide bonds. The maximum atomic E-state index is 13.5. The first-order valence-corrected chi connectivity index (χ1v) is 14.3. The van der Waals surface area contributed by atoms with Crippen molar-refractivity contribution in [3.63, 3.8) is 0 Å². The number of halogens is 1. The van der Waals surface area contributed by atoms with Gasteiger partial charge in [0.05, 0.1) is 15.3 Å². The minimum absolute atomic E-state index is 0.0304. The number of thiophene rings is 1. The Balaban J connectivity index is 1.47. The standard InChI is InChI=1S/C29H32BrN3O4S/c1-5-23-10-11-25(38-23)24(34)13-20(27(35)33-16-21(17-33)28(36)37-29(2,3)4)12-18-6-8-19(9-7-18)26-31-14-22(30)15-32-26/h6-11,14-15,20-21H,5,12-13,16-17H2,1-4H3/t20-/m1/s1. The van der Waals surface area contributed by atoms with Crippen molar-refractivity contribution in [2.45, 2.75) is 52.6 Å². The number of hydrogen-bond acceptors (Lipinski definition) is 7. The molecule has 9 heteroatoms. The topological polar surface area (TPSA) is 89.5 Å². The van der Waals surface area contributed by atoms with Crippen LogP contribution in [-0.4, -0.2) is 51.2 Å². The van der Waals surface area contributed by atoms with Crippen LogP contribution in [0.5, 0.6) is 0 Å². The molecule has 0 unspecified atom stereocenters. The molecule has 3 heterocycles. The molecular formula is C29H32BrN3O4S. The summed E-state index contributed by atoms with van der Waals surface area (Å²) in [7, 11) is 0. The lowest BCUT2D eigenvalue weighted by Gasteiger charge is -2.40. The predicted molar refractivity (Wildman–Crippen MR) is 151 cm³/mol. The molecule has 0 saturated carbocycles. The van der Waals surface area contributed by atoms with E-state index in [9.17, 15) is 14.4 Å². The predicted octanol–water partition coefficient (Wildman–Crippen LogP) is 5.76. The Morgan fingerprint density at radius 3 is 2.32 bits per heavy atom. The highest BCUT2D eigenvalue weighted by atomic mass is 79.9. The quantitative estimate of drug-likeness (QED) is 0.230. The fourth-order valence-electron chi connectivity index (χ4n) is 4.28. The van der Waals surface area contributed by atoms with E-state index in [0.29, 0.717) is 30.2 Å². The maximum Gasteiger partial charge on any atom is 0.313 e. The molecule has 0 aliphatic carbocycles. The van der Waals surface area contributed by atoms with E-state index in [2.05, 4.69) is 32.8 Å². The molecular weight excluding hydrogens is 566 g/mol. The highest BCUT2D eigenvalue weighted by Gasteiger charge is 2.40. The Labute approximate surface area is 235 Å². The third kappa shape index (κ3) is 7.14. The number of esters is 1. The van der Waals surface area contributed by atoms with Crippen molar-refractivity contribution in [2.75, 3.05) is 13.1 Å². The van der Waals surface area contributed by atoms with Gasteiger partial charge in [0.15, 0.2) is 11.6 Å². The average molecular weight is 599 g/mol. The van der Waals surface area contributed by atoms with Crippen molar-refractivity contribution in [3.8, 4) is 11.4 Å². The van der Waals surface area contributed by atoms with Crippen LogP contribution in [0.4, 0.5) is 0 Å². The van der Waals surface area contributed by atoms with Crippen molar-refractivity contribution < 1.29 is 19.1 Å². The molecule has 1 saturated heterocycles. The van der Waals surface area contributed by atoms with Gasteiger partial charge >= 0.3 is 5.97 Å². The number of benzene rings is 1. The molecule has 0 spiro atoms. The molecule has 3 aromatic rings. The molecule has 1 aromatic carbocycles. The summed E-state index contributed by atoms with van der Waals surface area (Å²) in [6.45, 7) is 8.18. The number of aromatic nitrogens is 2. The van der Waals surface area contributed by atoms with E-state index in [0.717, 1.165) is 26.9 Å². The SMILES string of the molecule is CCc1ccc(C(=O)C[C@@H](Cc2ccc(-c3ncc(Br)cn3)cc2)C(=O)N2CC(C(=O)OC(C)(C)C)C2)s1. The van der Waals surface area contributed by atoms with E-state index in [1.807, 2.05) is 57.2 Å². The zero-order chi connectivity index (χ0) is 27.4. The zero-order valence-corrected chi connectivity index (χ0v) is 24.5. The van der Waals surface area contributed by atoms with Crippen molar-refractivity contribution >= 4 is 44.9 Å². The fourth-order valence-corrected chi connectivity index (χ4v) is 5.38. The van der Waals surface area contributed by atoms with Gasteiger partial charge in [0.1, 0.15) is 5.60 Å². The van der Waals surface area contributed by atoms with E-state index in [-0.39, 0.29) is 30.0 Å². The number of nitrogens with zero attached hydrogens (tertiary/aromatic N) is 3. The molecule has 1 fully saturated rings. The van der Waals surface area contributed by atoms with Crippen LogP contribution < -0.4 is 0 Å². The number of rotatable bonds is 9. The van der Waals surface area contributed by atoms with Gasteiger partial charge in [-0.15, -0.1) is 11.3 Å². The van der Waals surface area contributed by atoms with Gasteiger partial charge in [-0.05, 0) is 67.2 Å². The van der Waals surface area contributed by atoms with Gasteiger partial charge in [-0.3, -0.25) is 14.4 Å². The Hall–Kier alpha value is -2.91. The van der Waals surface area contributed by atoms with E-state index < -0.39 is 11.5 Å². The molecule has 1 aliphatic heterocycles. The zero-order valence-electron chi connectivity index (χ0n) is 22.1. The number of ketones is 1. The Morgan fingerprint density at radius 2 is 1.74 bits per heavy atom. The van der Waals surface area contributed by atoms with E-state index in [1.165, 1.54) is 11.3 Å². The van der Waals surface area contributed by atoms with Crippen LogP contribution in [0.2, 0.25) is 0 Å². The van der Waals surface area contributed by atoms with E-state index in [4.69, 9.17) is 4.74 Å². The van der Waals surface area contributed by atoms with Crippen LogP contribution in [0, 0.1) is 11.8 Å². The third-order valence-electron chi connectivity index (χ3n) is 6.31. The van der Waals surface area contributed by atoms with Gasteiger partial charge < -0.3 is 9.64 Å². The molecule has 7 nitrogen and oxygen atoms in total. The van der Waals surface area contributed by atoms with Crippen LogP contribution in [0.1, 0.15) is 54.2 Å². The summed E-state index contributed by atoms with van der Waals surface area (Å²) in [5.41, 5.74) is 1.25. The molecule has 1 aliphatic rings. The summed E-state index contributed by atoms with van der Waals surface area (Å²) in [5.74, 6) is -0.664.